The molecule has 1 aromatic carbocycles. The summed E-state index contributed by atoms with van der Waals surface area (Å²) in [5.74, 6) is 0.804. The third-order valence-electron chi connectivity index (χ3n) is 3.22. The Kier molecular flexibility index (Phi) is 3.66. The van der Waals surface area contributed by atoms with Crippen molar-refractivity contribution in [2.45, 2.75) is 18.8 Å². The minimum absolute atomic E-state index is 0.354. The topological polar surface area (TPSA) is 66.6 Å². The largest absolute Gasteiger partial charge is 0.406 e. The Morgan fingerprint density at radius 1 is 1.38 bits per heavy atom. The number of hydrogen-bond acceptors (Lipinski definition) is 5. The molecule has 2 aromatic rings. The fraction of sp³-hybridized carbons (Fsp3) is 0.200. The average Bonchev–Trinajstić information content (AvgIpc) is 2.46. The molecule has 21 heavy (non-hydrogen) atoms. The van der Waals surface area contributed by atoms with Gasteiger partial charge in [-0.1, -0.05) is 36.7 Å². The van der Waals surface area contributed by atoms with E-state index in [1.54, 1.807) is 0 Å². The van der Waals surface area contributed by atoms with Crippen molar-refractivity contribution in [3.8, 4) is 0 Å². The molecule has 1 aliphatic rings. The van der Waals surface area contributed by atoms with Crippen LogP contribution in [0.25, 0.3) is 0 Å². The number of guanidine groups is 1. The molecular formula is C15H14ClN3O2. The molecule has 1 aromatic heterocycles. The zero-order chi connectivity index (χ0) is 14.8. The van der Waals surface area contributed by atoms with Gasteiger partial charge in [0.15, 0.2) is 5.50 Å². The molecule has 1 unspecified atom stereocenters. The molecule has 0 radical (unpaired) electrons. The highest BCUT2D eigenvalue weighted by atomic mass is 35.5. The number of hydrogen-bond donors (Lipinski definition) is 2. The molecule has 0 spiro atoms. The lowest BCUT2D eigenvalue weighted by Crippen LogP contribution is -2.28. The van der Waals surface area contributed by atoms with Gasteiger partial charge in [0.05, 0.1) is 5.56 Å². The highest BCUT2D eigenvalue weighted by molar-refractivity contribution is 6.23. The van der Waals surface area contributed by atoms with E-state index in [9.17, 15) is 4.79 Å². The molecule has 0 bridgehead atoms. The van der Waals surface area contributed by atoms with Crippen LogP contribution in [-0.4, -0.2) is 5.96 Å². The second-order valence-electron chi connectivity index (χ2n) is 4.62. The molecule has 0 fully saturated rings. The van der Waals surface area contributed by atoms with Gasteiger partial charge in [-0.3, -0.25) is 5.32 Å². The molecule has 0 aliphatic carbocycles. The molecule has 2 heterocycles. The molecule has 0 saturated heterocycles. The van der Waals surface area contributed by atoms with E-state index < -0.39 is 11.1 Å². The minimum Gasteiger partial charge on any atom is -0.406 e. The van der Waals surface area contributed by atoms with E-state index in [1.807, 2.05) is 37.3 Å². The van der Waals surface area contributed by atoms with Gasteiger partial charge in [0.1, 0.15) is 0 Å². The van der Waals surface area contributed by atoms with Crippen LogP contribution in [0, 0.1) is 0 Å². The fourth-order valence-corrected chi connectivity index (χ4v) is 2.57. The van der Waals surface area contributed by atoms with Gasteiger partial charge in [-0.15, -0.1) is 0 Å². The number of halogens is 1. The van der Waals surface area contributed by atoms with E-state index in [0.29, 0.717) is 18.3 Å². The Bertz CT molecular complexity index is 740. The number of nitrogens with zero attached hydrogens (tertiary/aromatic N) is 1. The summed E-state index contributed by atoms with van der Waals surface area (Å²) in [4.78, 5) is 15.9. The van der Waals surface area contributed by atoms with Crippen molar-refractivity contribution in [2.24, 2.45) is 4.99 Å². The summed E-state index contributed by atoms with van der Waals surface area (Å²) in [5.41, 5.74) is 1.44. The van der Waals surface area contributed by atoms with Crippen LogP contribution in [0.2, 0.25) is 0 Å². The number of benzene rings is 1. The number of aryl methyl sites for hydroxylation is 1. The van der Waals surface area contributed by atoms with Crippen LogP contribution in [-0.2, 0) is 6.42 Å². The van der Waals surface area contributed by atoms with Crippen molar-refractivity contribution in [2.75, 3.05) is 10.6 Å². The van der Waals surface area contributed by atoms with Crippen LogP contribution < -0.4 is 16.3 Å². The van der Waals surface area contributed by atoms with Crippen LogP contribution in [0.5, 0.6) is 0 Å². The predicted octanol–water partition coefficient (Wildman–Crippen LogP) is 3.33. The number of rotatable bonds is 2. The second-order valence-corrected chi connectivity index (χ2v) is 5.03. The molecule has 2 N–H and O–H groups in total. The lowest BCUT2D eigenvalue weighted by molar-refractivity contribution is 0.518. The zero-order valence-electron chi connectivity index (χ0n) is 11.4. The quantitative estimate of drug-likeness (QED) is 0.659. The molecule has 1 aliphatic heterocycles. The van der Waals surface area contributed by atoms with Gasteiger partial charge < -0.3 is 9.73 Å². The fourth-order valence-electron chi connectivity index (χ4n) is 2.24. The van der Waals surface area contributed by atoms with Crippen LogP contribution in [0.1, 0.15) is 23.6 Å². The Morgan fingerprint density at radius 3 is 2.86 bits per heavy atom. The van der Waals surface area contributed by atoms with E-state index in [-0.39, 0.29) is 0 Å². The Labute approximate surface area is 126 Å². The smallest absolute Gasteiger partial charge is 0.337 e. The van der Waals surface area contributed by atoms with Crippen LogP contribution in [0.3, 0.4) is 0 Å². The Hall–Kier alpha value is -2.27. The Balaban J connectivity index is 1.94. The molecule has 1 atom stereocenters. The number of aliphatic imine (C=N–C) groups is 1. The molecule has 108 valence electrons. The van der Waals surface area contributed by atoms with Crippen molar-refractivity contribution in [3.63, 3.8) is 0 Å². The summed E-state index contributed by atoms with van der Waals surface area (Å²) in [6.45, 7) is 1.96. The molecule has 3 rings (SSSR count). The van der Waals surface area contributed by atoms with Crippen molar-refractivity contribution in [3.05, 3.63) is 57.9 Å². The number of fused-ring (bicyclic) bond motifs is 1. The maximum atomic E-state index is 11.6. The first-order valence-corrected chi connectivity index (χ1v) is 7.09. The molecular weight excluding hydrogens is 290 g/mol. The van der Waals surface area contributed by atoms with E-state index in [0.717, 1.165) is 16.8 Å². The van der Waals surface area contributed by atoms with Gasteiger partial charge in [0.2, 0.25) is 11.8 Å². The lowest BCUT2D eigenvalue weighted by atomic mass is 10.1. The highest BCUT2D eigenvalue weighted by Gasteiger charge is 2.25. The van der Waals surface area contributed by atoms with Gasteiger partial charge in [-0.05, 0) is 24.1 Å². The van der Waals surface area contributed by atoms with Crippen LogP contribution in [0.15, 0.2) is 50.6 Å². The number of alkyl halides is 1. The first-order valence-electron chi connectivity index (χ1n) is 6.65. The number of para-hydroxylation sites is 1. The normalized spacial score (nSPS) is 16.7. The summed E-state index contributed by atoms with van der Waals surface area (Å²) < 4.78 is 5.21. The van der Waals surface area contributed by atoms with E-state index in [2.05, 4.69) is 15.6 Å². The maximum absolute atomic E-state index is 11.6. The SMILES string of the molecule is CCc1cc(=O)oc2c1C(Cl)N=C(Nc1ccccc1)N2. The molecule has 5 nitrogen and oxygen atoms in total. The first kappa shape index (κ1) is 13.7. The number of anilines is 2. The highest BCUT2D eigenvalue weighted by Crippen LogP contribution is 2.34. The van der Waals surface area contributed by atoms with Gasteiger partial charge in [-0.2, -0.15) is 0 Å². The van der Waals surface area contributed by atoms with E-state index >= 15 is 0 Å². The van der Waals surface area contributed by atoms with Gasteiger partial charge >= 0.3 is 5.63 Å². The predicted molar refractivity (Wildman–Crippen MR) is 84.1 cm³/mol. The van der Waals surface area contributed by atoms with Gasteiger partial charge in [0, 0.05) is 11.8 Å². The summed E-state index contributed by atoms with van der Waals surface area (Å²) in [7, 11) is 0. The van der Waals surface area contributed by atoms with E-state index in [4.69, 9.17) is 16.0 Å². The summed E-state index contributed by atoms with van der Waals surface area (Å²) in [5, 5.41) is 6.08. The monoisotopic (exact) mass is 303 g/mol. The lowest BCUT2D eigenvalue weighted by Gasteiger charge is -2.22. The van der Waals surface area contributed by atoms with Gasteiger partial charge in [0.25, 0.3) is 0 Å². The van der Waals surface area contributed by atoms with Crippen LogP contribution >= 0.6 is 11.6 Å². The maximum Gasteiger partial charge on any atom is 0.337 e. The third kappa shape index (κ3) is 2.78. The summed E-state index contributed by atoms with van der Waals surface area (Å²) >= 11 is 6.31. The first-order chi connectivity index (χ1) is 10.2. The molecule has 0 saturated carbocycles. The van der Waals surface area contributed by atoms with Crippen LogP contribution in [0.4, 0.5) is 11.6 Å². The minimum atomic E-state index is -0.591. The molecule has 0 amide bonds. The van der Waals surface area contributed by atoms with Crippen molar-refractivity contribution in [1.82, 2.24) is 0 Å². The summed E-state index contributed by atoms with van der Waals surface area (Å²) in [6, 6.07) is 11.0. The van der Waals surface area contributed by atoms with Gasteiger partial charge in [-0.25, -0.2) is 9.79 Å². The van der Waals surface area contributed by atoms with Crippen molar-refractivity contribution < 1.29 is 4.42 Å². The van der Waals surface area contributed by atoms with Crippen molar-refractivity contribution in [1.29, 1.82) is 0 Å². The number of nitrogens with one attached hydrogen (secondary N) is 2. The Morgan fingerprint density at radius 2 is 2.14 bits per heavy atom. The second kappa shape index (κ2) is 5.61. The average molecular weight is 304 g/mol. The zero-order valence-corrected chi connectivity index (χ0v) is 12.1. The van der Waals surface area contributed by atoms with Crippen molar-refractivity contribution >= 4 is 29.1 Å². The third-order valence-corrected chi connectivity index (χ3v) is 3.53. The molecule has 6 heteroatoms. The van der Waals surface area contributed by atoms with E-state index in [1.165, 1.54) is 6.07 Å². The standard InChI is InChI=1S/C15H14ClN3O2/c1-2-9-8-11(20)21-14-12(9)13(16)18-15(19-14)17-10-6-4-3-5-7-10/h3-8,13H,2H2,1H3,(H2,17,18,19). The summed E-state index contributed by atoms with van der Waals surface area (Å²) in [6.07, 6.45) is 0.690.